The summed E-state index contributed by atoms with van der Waals surface area (Å²) < 4.78 is 27.1. The van der Waals surface area contributed by atoms with E-state index < -0.39 is 10.0 Å². The van der Waals surface area contributed by atoms with Gasteiger partial charge in [-0.05, 0) is 37.7 Å². The summed E-state index contributed by atoms with van der Waals surface area (Å²) in [6.07, 6.45) is 4.54. The number of hydrogen-bond acceptors (Lipinski definition) is 4. The summed E-state index contributed by atoms with van der Waals surface area (Å²) in [4.78, 5) is 14.9. The fraction of sp³-hybridized carbons (Fsp3) is 0.632. The van der Waals surface area contributed by atoms with Gasteiger partial charge >= 0.3 is 0 Å². The highest BCUT2D eigenvalue weighted by Crippen LogP contribution is 2.26. The third-order valence-electron chi connectivity index (χ3n) is 5.50. The Morgan fingerprint density at radius 2 is 1.85 bits per heavy atom. The molecular weight excluding hydrogens is 350 g/mol. The minimum Gasteiger partial charge on any atom is -0.338 e. The van der Waals surface area contributed by atoms with E-state index in [9.17, 15) is 13.2 Å². The number of sulfonamides is 1. The molecule has 1 amide bonds. The molecule has 2 N–H and O–H groups in total. The molecule has 0 aliphatic carbocycles. The zero-order valence-corrected chi connectivity index (χ0v) is 16.0. The Kier molecular flexibility index (Phi) is 6.32. The Bertz CT molecular complexity index is 708. The molecular formula is C19H29N3O3S. The van der Waals surface area contributed by atoms with Gasteiger partial charge in [-0.2, -0.15) is 0 Å². The molecule has 3 rings (SSSR count). The average molecular weight is 380 g/mol. The van der Waals surface area contributed by atoms with Crippen molar-refractivity contribution in [2.45, 2.75) is 43.9 Å². The number of nitrogens with zero attached hydrogens (tertiary/aromatic N) is 2. The van der Waals surface area contributed by atoms with Gasteiger partial charge < -0.3 is 10.6 Å². The molecule has 0 saturated carbocycles. The van der Waals surface area contributed by atoms with Crippen molar-refractivity contribution in [2.75, 3.05) is 26.2 Å². The van der Waals surface area contributed by atoms with Gasteiger partial charge in [0.2, 0.25) is 15.9 Å². The van der Waals surface area contributed by atoms with Crippen LogP contribution in [-0.2, 0) is 20.6 Å². The molecule has 2 unspecified atom stereocenters. The summed E-state index contributed by atoms with van der Waals surface area (Å²) in [7, 11) is -3.41. The standard InChI is InChI=1S/C19H29N3O3S/c20-13-18-10-4-5-12-22(18)19(23)17-9-6-11-21(14-17)26(24,25)15-16-7-2-1-3-8-16/h1-3,7-8,17-18H,4-6,9-15,20H2. The fourth-order valence-corrected chi connectivity index (χ4v) is 5.65. The Morgan fingerprint density at radius 1 is 1.08 bits per heavy atom. The average Bonchev–Trinajstić information content (AvgIpc) is 2.68. The molecule has 2 atom stereocenters. The van der Waals surface area contributed by atoms with Gasteiger partial charge in [-0.1, -0.05) is 30.3 Å². The number of nitrogens with two attached hydrogens (primary N) is 1. The van der Waals surface area contributed by atoms with Crippen LogP contribution in [0.5, 0.6) is 0 Å². The number of carbonyl (C=O) groups is 1. The molecule has 2 fully saturated rings. The number of rotatable bonds is 5. The smallest absolute Gasteiger partial charge is 0.227 e. The molecule has 1 aromatic carbocycles. The summed E-state index contributed by atoms with van der Waals surface area (Å²) in [5, 5.41) is 0. The second kappa shape index (κ2) is 8.50. The first-order chi connectivity index (χ1) is 12.5. The first kappa shape index (κ1) is 19.3. The van der Waals surface area contributed by atoms with E-state index in [0.717, 1.165) is 44.2 Å². The van der Waals surface area contributed by atoms with Crippen LogP contribution in [-0.4, -0.2) is 55.8 Å². The fourth-order valence-electron chi connectivity index (χ4n) is 4.04. The summed E-state index contributed by atoms with van der Waals surface area (Å²) >= 11 is 0. The molecule has 0 aromatic heterocycles. The third kappa shape index (κ3) is 4.45. The maximum Gasteiger partial charge on any atom is 0.227 e. The number of likely N-dealkylation sites (tertiary alicyclic amines) is 1. The van der Waals surface area contributed by atoms with Crippen molar-refractivity contribution in [3.8, 4) is 0 Å². The first-order valence-electron chi connectivity index (χ1n) is 9.53. The van der Waals surface area contributed by atoms with Crippen LogP contribution in [0.3, 0.4) is 0 Å². The number of amides is 1. The topological polar surface area (TPSA) is 83.7 Å². The predicted molar refractivity (Wildman–Crippen MR) is 102 cm³/mol. The summed E-state index contributed by atoms with van der Waals surface area (Å²) in [6, 6.07) is 9.31. The number of carbonyl (C=O) groups excluding carboxylic acids is 1. The third-order valence-corrected chi connectivity index (χ3v) is 7.32. The van der Waals surface area contributed by atoms with Crippen molar-refractivity contribution in [3.05, 3.63) is 35.9 Å². The normalized spacial score (nSPS) is 25.2. The van der Waals surface area contributed by atoms with Crippen molar-refractivity contribution >= 4 is 15.9 Å². The van der Waals surface area contributed by atoms with Crippen LogP contribution in [0.2, 0.25) is 0 Å². The monoisotopic (exact) mass is 379 g/mol. The second-order valence-electron chi connectivity index (χ2n) is 7.36. The lowest BCUT2D eigenvalue weighted by molar-refractivity contribution is -0.140. The second-order valence-corrected chi connectivity index (χ2v) is 9.32. The number of hydrogen-bond donors (Lipinski definition) is 1. The van der Waals surface area contributed by atoms with Crippen molar-refractivity contribution in [2.24, 2.45) is 11.7 Å². The minimum atomic E-state index is -3.41. The molecule has 0 bridgehead atoms. The van der Waals surface area contributed by atoms with Crippen LogP contribution in [0.4, 0.5) is 0 Å². The van der Waals surface area contributed by atoms with E-state index in [4.69, 9.17) is 5.73 Å². The lowest BCUT2D eigenvalue weighted by Crippen LogP contribution is -2.53. The molecule has 2 aliphatic rings. The van der Waals surface area contributed by atoms with Crippen molar-refractivity contribution in [3.63, 3.8) is 0 Å². The Balaban J connectivity index is 1.67. The van der Waals surface area contributed by atoms with Gasteiger partial charge in [0.1, 0.15) is 0 Å². The van der Waals surface area contributed by atoms with Crippen LogP contribution in [0, 0.1) is 5.92 Å². The van der Waals surface area contributed by atoms with Crippen molar-refractivity contribution in [1.29, 1.82) is 0 Å². The summed E-state index contributed by atoms with van der Waals surface area (Å²) in [6.45, 7) is 2.02. The highest BCUT2D eigenvalue weighted by Gasteiger charge is 2.36. The maximum absolute atomic E-state index is 13.0. The van der Waals surface area contributed by atoms with Gasteiger partial charge in [-0.15, -0.1) is 0 Å². The number of benzene rings is 1. The zero-order valence-electron chi connectivity index (χ0n) is 15.2. The lowest BCUT2D eigenvalue weighted by atomic mass is 9.94. The van der Waals surface area contributed by atoms with Crippen LogP contribution in [0.1, 0.15) is 37.7 Å². The summed E-state index contributed by atoms with van der Waals surface area (Å²) in [5.74, 6) is -0.176. The lowest BCUT2D eigenvalue weighted by Gasteiger charge is -2.39. The Morgan fingerprint density at radius 3 is 2.58 bits per heavy atom. The first-order valence-corrected chi connectivity index (χ1v) is 11.1. The largest absolute Gasteiger partial charge is 0.338 e. The molecule has 26 heavy (non-hydrogen) atoms. The quantitative estimate of drug-likeness (QED) is 0.842. The molecule has 7 heteroatoms. The SMILES string of the molecule is NCC1CCCCN1C(=O)C1CCCN(S(=O)(=O)Cc2ccccc2)C1. The van der Waals surface area contributed by atoms with Crippen LogP contribution < -0.4 is 5.73 Å². The van der Waals surface area contributed by atoms with Gasteiger partial charge in [-0.25, -0.2) is 12.7 Å². The van der Waals surface area contributed by atoms with E-state index in [0.29, 0.717) is 19.6 Å². The van der Waals surface area contributed by atoms with E-state index in [-0.39, 0.29) is 23.6 Å². The van der Waals surface area contributed by atoms with Gasteiger partial charge in [-0.3, -0.25) is 4.79 Å². The predicted octanol–water partition coefficient (Wildman–Crippen LogP) is 1.57. The molecule has 2 saturated heterocycles. The molecule has 144 valence electrons. The van der Waals surface area contributed by atoms with Gasteiger partial charge in [0.15, 0.2) is 0 Å². The van der Waals surface area contributed by atoms with Crippen LogP contribution in [0.15, 0.2) is 30.3 Å². The van der Waals surface area contributed by atoms with Crippen LogP contribution in [0.25, 0.3) is 0 Å². The Hall–Kier alpha value is -1.44. The molecule has 2 aliphatic heterocycles. The molecule has 6 nitrogen and oxygen atoms in total. The van der Waals surface area contributed by atoms with Gasteiger partial charge in [0, 0.05) is 32.2 Å². The van der Waals surface area contributed by atoms with Crippen molar-refractivity contribution < 1.29 is 13.2 Å². The highest BCUT2D eigenvalue weighted by molar-refractivity contribution is 7.88. The number of piperidine rings is 2. The van der Waals surface area contributed by atoms with E-state index >= 15 is 0 Å². The van der Waals surface area contributed by atoms with Crippen molar-refractivity contribution in [1.82, 2.24) is 9.21 Å². The molecule has 2 heterocycles. The van der Waals surface area contributed by atoms with E-state index in [1.54, 1.807) is 0 Å². The maximum atomic E-state index is 13.0. The zero-order chi connectivity index (χ0) is 18.6. The highest BCUT2D eigenvalue weighted by atomic mass is 32.2. The molecule has 0 spiro atoms. The van der Waals surface area contributed by atoms with E-state index in [1.807, 2.05) is 35.2 Å². The summed E-state index contributed by atoms with van der Waals surface area (Å²) in [5.41, 5.74) is 6.62. The van der Waals surface area contributed by atoms with E-state index in [1.165, 1.54) is 4.31 Å². The molecule has 1 aromatic rings. The van der Waals surface area contributed by atoms with Gasteiger partial charge in [0.25, 0.3) is 0 Å². The minimum absolute atomic E-state index is 0.0100. The van der Waals surface area contributed by atoms with Gasteiger partial charge in [0.05, 0.1) is 11.7 Å². The van der Waals surface area contributed by atoms with Crippen LogP contribution >= 0.6 is 0 Å². The van der Waals surface area contributed by atoms with E-state index in [2.05, 4.69) is 0 Å². The molecule has 0 radical (unpaired) electrons. The Labute approximate surface area is 156 Å².